The van der Waals surface area contributed by atoms with Crippen LogP contribution in [0, 0.1) is 5.92 Å². The Hall–Kier alpha value is -1.35. The van der Waals surface area contributed by atoms with E-state index in [1.807, 2.05) is 30.3 Å². The van der Waals surface area contributed by atoms with Crippen molar-refractivity contribution in [3.05, 3.63) is 35.9 Å². The van der Waals surface area contributed by atoms with Crippen LogP contribution >= 0.6 is 0 Å². The van der Waals surface area contributed by atoms with Crippen molar-refractivity contribution in [2.75, 3.05) is 6.54 Å². The molecule has 1 saturated heterocycles. The molecule has 0 aromatic heterocycles. The van der Waals surface area contributed by atoms with Crippen LogP contribution in [-0.2, 0) is 4.79 Å². The molecule has 21 heavy (non-hydrogen) atoms. The molecule has 3 unspecified atom stereocenters. The summed E-state index contributed by atoms with van der Waals surface area (Å²) in [6.45, 7) is 0.876. The van der Waals surface area contributed by atoms with E-state index in [2.05, 4.69) is 4.90 Å². The zero-order chi connectivity index (χ0) is 14.7. The quantitative estimate of drug-likeness (QED) is 0.926. The molecule has 3 atom stereocenters. The Balaban J connectivity index is 1.64. The first-order chi connectivity index (χ1) is 10.3. The molecule has 1 aromatic carbocycles. The van der Waals surface area contributed by atoms with E-state index in [9.17, 15) is 9.90 Å². The molecule has 2 fully saturated rings. The maximum atomic E-state index is 12.6. The molecule has 114 valence electrons. The monoisotopic (exact) mass is 287 g/mol. The number of amides is 1. The number of hydrogen-bond donors (Lipinski definition) is 1. The first-order valence-electron chi connectivity index (χ1n) is 8.28. The number of hydrogen-bond acceptors (Lipinski definition) is 2. The number of aliphatic hydroxyl groups excluding tert-OH is 1. The van der Waals surface area contributed by atoms with E-state index in [1.54, 1.807) is 0 Å². The van der Waals surface area contributed by atoms with Gasteiger partial charge >= 0.3 is 0 Å². The van der Waals surface area contributed by atoms with Crippen LogP contribution in [0.5, 0.6) is 0 Å². The van der Waals surface area contributed by atoms with Crippen molar-refractivity contribution in [2.24, 2.45) is 5.92 Å². The molecule has 1 aliphatic heterocycles. The van der Waals surface area contributed by atoms with Gasteiger partial charge in [-0.05, 0) is 37.2 Å². The third-order valence-electron chi connectivity index (χ3n) is 5.12. The van der Waals surface area contributed by atoms with Gasteiger partial charge in [0.2, 0.25) is 5.91 Å². The van der Waals surface area contributed by atoms with E-state index in [4.69, 9.17) is 0 Å². The summed E-state index contributed by atoms with van der Waals surface area (Å²) in [5.41, 5.74) is 0.836. The van der Waals surface area contributed by atoms with Crippen molar-refractivity contribution in [3.63, 3.8) is 0 Å². The van der Waals surface area contributed by atoms with Gasteiger partial charge in [-0.2, -0.15) is 0 Å². The Morgan fingerprint density at radius 2 is 1.86 bits per heavy atom. The van der Waals surface area contributed by atoms with Crippen molar-refractivity contribution < 1.29 is 9.90 Å². The average Bonchev–Trinajstić information content (AvgIpc) is 2.55. The summed E-state index contributed by atoms with van der Waals surface area (Å²) in [7, 11) is 0. The highest BCUT2D eigenvalue weighted by atomic mass is 16.3. The van der Waals surface area contributed by atoms with Crippen LogP contribution < -0.4 is 0 Å². The molecule has 0 spiro atoms. The highest BCUT2D eigenvalue weighted by Crippen LogP contribution is 2.36. The summed E-state index contributed by atoms with van der Waals surface area (Å²) < 4.78 is 0. The van der Waals surface area contributed by atoms with Gasteiger partial charge in [-0.15, -0.1) is 0 Å². The van der Waals surface area contributed by atoms with E-state index in [-0.39, 0.29) is 12.3 Å². The topological polar surface area (TPSA) is 40.5 Å². The molecule has 0 radical (unpaired) electrons. The zero-order valence-electron chi connectivity index (χ0n) is 12.6. The molecule has 2 aliphatic rings. The Kier molecular flexibility index (Phi) is 4.59. The van der Waals surface area contributed by atoms with Crippen molar-refractivity contribution in [1.29, 1.82) is 0 Å². The second-order valence-electron chi connectivity index (χ2n) is 6.47. The Morgan fingerprint density at radius 1 is 1.14 bits per heavy atom. The van der Waals surface area contributed by atoms with Crippen molar-refractivity contribution in [1.82, 2.24) is 4.90 Å². The predicted octanol–water partition coefficient (Wildman–Crippen LogP) is 3.29. The van der Waals surface area contributed by atoms with Crippen LogP contribution in [0.15, 0.2) is 30.3 Å². The third kappa shape index (κ3) is 3.29. The number of carbonyl (C=O) groups excluding carboxylic acids is 1. The van der Waals surface area contributed by atoms with Gasteiger partial charge < -0.3 is 10.0 Å². The molecular formula is C18H25NO2. The summed E-state index contributed by atoms with van der Waals surface area (Å²) in [6, 6.07) is 9.94. The average molecular weight is 287 g/mol. The first-order valence-corrected chi connectivity index (χ1v) is 8.28. The van der Waals surface area contributed by atoms with Crippen molar-refractivity contribution >= 4 is 5.91 Å². The predicted molar refractivity (Wildman–Crippen MR) is 82.7 cm³/mol. The SMILES string of the molecule is O=C(CC(O)c1ccccc1)N1CCCC2CCCCC21. The minimum Gasteiger partial charge on any atom is -0.388 e. The minimum absolute atomic E-state index is 0.128. The highest BCUT2D eigenvalue weighted by molar-refractivity contribution is 5.77. The minimum atomic E-state index is -0.678. The summed E-state index contributed by atoms with van der Waals surface area (Å²) in [4.78, 5) is 14.7. The number of nitrogens with zero attached hydrogens (tertiary/aromatic N) is 1. The second kappa shape index (κ2) is 6.61. The van der Waals surface area contributed by atoms with Crippen LogP contribution in [0.25, 0.3) is 0 Å². The lowest BCUT2D eigenvalue weighted by Crippen LogP contribution is -2.49. The lowest BCUT2D eigenvalue weighted by Gasteiger charge is -2.44. The fraction of sp³-hybridized carbons (Fsp3) is 0.611. The summed E-state index contributed by atoms with van der Waals surface area (Å²) in [5.74, 6) is 0.827. The smallest absolute Gasteiger partial charge is 0.225 e. The molecule has 1 saturated carbocycles. The number of carbonyl (C=O) groups is 1. The Labute approximate surface area is 127 Å². The molecular weight excluding hydrogens is 262 g/mol. The van der Waals surface area contributed by atoms with Gasteiger partial charge in [0, 0.05) is 12.6 Å². The summed E-state index contributed by atoms with van der Waals surface area (Å²) in [6.07, 6.45) is 6.91. The zero-order valence-corrected chi connectivity index (χ0v) is 12.6. The van der Waals surface area contributed by atoms with E-state index in [1.165, 1.54) is 25.7 Å². The molecule has 3 heteroatoms. The number of benzene rings is 1. The van der Waals surface area contributed by atoms with E-state index in [0.717, 1.165) is 24.9 Å². The molecule has 1 aliphatic carbocycles. The van der Waals surface area contributed by atoms with Crippen LogP contribution in [0.2, 0.25) is 0 Å². The van der Waals surface area contributed by atoms with Crippen molar-refractivity contribution in [3.8, 4) is 0 Å². The van der Waals surface area contributed by atoms with E-state index in [0.29, 0.717) is 12.0 Å². The fourth-order valence-electron chi connectivity index (χ4n) is 4.01. The van der Waals surface area contributed by atoms with Gasteiger partial charge in [-0.1, -0.05) is 43.2 Å². The molecule has 3 nitrogen and oxygen atoms in total. The maximum Gasteiger partial charge on any atom is 0.225 e. The summed E-state index contributed by atoms with van der Waals surface area (Å²) >= 11 is 0. The second-order valence-corrected chi connectivity index (χ2v) is 6.47. The van der Waals surface area contributed by atoms with Gasteiger partial charge in [0.05, 0.1) is 12.5 Å². The highest BCUT2D eigenvalue weighted by Gasteiger charge is 2.35. The molecule has 1 heterocycles. The van der Waals surface area contributed by atoms with Crippen LogP contribution in [0.3, 0.4) is 0 Å². The Bertz CT molecular complexity index is 471. The molecule has 1 N–H and O–H groups in total. The van der Waals surface area contributed by atoms with Crippen LogP contribution in [-0.4, -0.2) is 28.5 Å². The Morgan fingerprint density at radius 3 is 2.67 bits per heavy atom. The van der Waals surface area contributed by atoms with E-state index < -0.39 is 6.10 Å². The lowest BCUT2D eigenvalue weighted by molar-refractivity contribution is -0.139. The lowest BCUT2D eigenvalue weighted by atomic mass is 9.78. The normalized spacial score (nSPS) is 27.0. The number of rotatable bonds is 3. The number of aliphatic hydroxyl groups is 1. The fourth-order valence-corrected chi connectivity index (χ4v) is 4.01. The third-order valence-corrected chi connectivity index (χ3v) is 5.12. The van der Waals surface area contributed by atoms with Gasteiger partial charge in [-0.3, -0.25) is 4.79 Å². The van der Waals surface area contributed by atoms with Gasteiger partial charge in [0.15, 0.2) is 0 Å². The summed E-state index contributed by atoms with van der Waals surface area (Å²) in [5, 5.41) is 10.3. The first kappa shape index (κ1) is 14.6. The molecule has 1 amide bonds. The number of piperidine rings is 1. The van der Waals surface area contributed by atoms with Gasteiger partial charge in [-0.25, -0.2) is 0 Å². The maximum absolute atomic E-state index is 12.6. The largest absolute Gasteiger partial charge is 0.388 e. The number of fused-ring (bicyclic) bond motifs is 1. The molecule has 3 rings (SSSR count). The van der Waals surface area contributed by atoms with Crippen LogP contribution in [0.1, 0.15) is 56.6 Å². The number of likely N-dealkylation sites (tertiary alicyclic amines) is 1. The standard InChI is InChI=1S/C18H25NO2/c20-17(15-8-2-1-3-9-15)13-18(21)19-12-6-10-14-7-4-5-11-16(14)19/h1-3,8-9,14,16-17,20H,4-7,10-13H2. The van der Waals surface area contributed by atoms with Crippen molar-refractivity contribution in [2.45, 2.75) is 57.1 Å². The molecule has 1 aromatic rings. The molecule has 0 bridgehead atoms. The van der Waals surface area contributed by atoms with Crippen LogP contribution in [0.4, 0.5) is 0 Å². The van der Waals surface area contributed by atoms with Gasteiger partial charge in [0.25, 0.3) is 0 Å². The van der Waals surface area contributed by atoms with E-state index >= 15 is 0 Å². The van der Waals surface area contributed by atoms with Gasteiger partial charge in [0.1, 0.15) is 0 Å².